The van der Waals surface area contributed by atoms with E-state index in [4.69, 9.17) is 18.9 Å². The first-order valence-corrected chi connectivity index (χ1v) is 9.67. The molecule has 0 spiro atoms. The molecular formula is C25H24O6. The first kappa shape index (κ1) is 21.9. The fourth-order valence-corrected chi connectivity index (χ4v) is 3.25. The molecule has 0 N–H and O–H groups in total. The molecule has 0 heterocycles. The lowest BCUT2D eigenvalue weighted by Gasteiger charge is -2.18. The number of esters is 1. The van der Waals surface area contributed by atoms with E-state index in [2.05, 4.69) is 0 Å². The third-order valence-electron chi connectivity index (χ3n) is 4.88. The van der Waals surface area contributed by atoms with E-state index in [1.165, 1.54) is 14.2 Å². The molecule has 0 unspecified atom stereocenters. The van der Waals surface area contributed by atoms with Gasteiger partial charge in [0.2, 0.25) is 0 Å². The van der Waals surface area contributed by atoms with Crippen LogP contribution < -0.4 is 18.9 Å². The molecule has 0 aliphatic rings. The lowest BCUT2D eigenvalue weighted by atomic mass is 9.99. The standard InChI is InChI=1S/C25H24O6/c1-16-23(31-25(27)18-8-6-5-7-9-18)20(15-22(29-3)24(16)30-4)21(26)14-17-10-12-19(28-2)13-11-17/h5-13,15H,14H2,1-4H3. The summed E-state index contributed by atoms with van der Waals surface area (Å²) >= 11 is 0. The van der Waals surface area contributed by atoms with Gasteiger partial charge in [-0.1, -0.05) is 30.3 Å². The fraction of sp³-hybridized carbons (Fsp3) is 0.200. The maximum Gasteiger partial charge on any atom is 0.343 e. The van der Waals surface area contributed by atoms with E-state index in [1.807, 2.05) is 18.2 Å². The number of rotatable bonds is 8. The first-order chi connectivity index (χ1) is 15.0. The monoisotopic (exact) mass is 420 g/mol. The first-order valence-electron chi connectivity index (χ1n) is 9.67. The number of benzene rings is 3. The molecule has 6 heteroatoms. The van der Waals surface area contributed by atoms with Gasteiger partial charge < -0.3 is 18.9 Å². The lowest BCUT2D eigenvalue weighted by molar-refractivity contribution is 0.0730. The minimum absolute atomic E-state index is 0.120. The molecule has 31 heavy (non-hydrogen) atoms. The Morgan fingerprint density at radius 3 is 2.06 bits per heavy atom. The van der Waals surface area contributed by atoms with Crippen molar-refractivity contribution in [3.63, 3.8) is 0 Å². The quantitative estimate of drug-likeness (QED) is 0.300. The highest BCUT2D eigenvalue weighted by atomic mass is 16.5. The van der Waals surface area contributed by atoms with Crippen molar-refractivity contribution in [1.29, 1.82) is 0 Å². The van der Waals surface area contributed by atoms with Gasteiger partial charge in [-0.15, -0.1) is 0 Å². The van der Waals surface area contributed by atoms with Crippen LogP contribution in [-0.2, 0) is 6.42 Å². The third kappa shape index (κ3) is 4.86. The van der Waals surface area contributed by atoms with Gasteiger partial charge in [-0.2, -0.15) is 0 Å². The second-order valence-corrected chi connectivity index (χ2v) is 6.82. The normalized spacial score (nSPS) is 10.3. The topological polar surface area (TPSA) is 71.1 Å². The van der Waals surface area contributed by atoms with Crippen LogP contribution in [0, 0.1) is 6.92 Å². The lowest BCUT2D eigenvalue weighted by Crippen LogP contribution is -2.14. The molecule has 0 amide bonds. The van der Waals surface area contributed by atoms with Crippen molar-refractivity contribution in [3.8, 4) is 23.0 Å². The average molecular weight is 420 g/mol. The molecule has 160 valence electrons. The summed E-state index contributed by atoms with van der Waals surface area (Å²) in [6, 6.07) is 17.4. The van der Waals surface area contributed by atoms with Crippen LogP contribution in [0.4, 0.5) is 0 Å². The molecule has 0 atom stereocenters. The molecule has 0 radical (unpaired) electrons. The van der Waals surface area contributed by atoms with Gasteiger partial charge in [0, 0.05) is 12.0 Å². The molecule has 0 fully saturated rings. The second-order valence-electron chi connectivity index (χ2n) is 6.82. The number of hydrogen-bond acceptors (Lipinski definition) is 6. The number of carbonyl (C=O) groups is 2. The average Bonchev–Trinajstić information content (AvgIpc) is 2.80. The zero-order valence-corrected chi connectivity index (χ0v) is 17.9. The minimum atomic E-state index is -0.561. The van der Waals surface area contributed by atoms with E-state index in [0.717, 1.165) is 5.56 Å². The van der Waals surface area contributed by atoms with Crippen LogP contribution in [0.1, 0.15) is 31.8 Å². The fourth-order valence-electron chi connectivity index (χ4n) is 3.25. The Morgan fingerprint density at radius 2 is 1.48 bits per heavy atom. The Balaban J connectivity index is 2.01. The Hall–Kier alpha value is -3.80. The summed E-state index contributed by atoms with van der Waals surface area (Å²) in [5.74, 6) is 0.872. The molecule has 6 nitrogen and oxygen atoms in total. The summed E-state index contributed by atoms with van der Waals surface area (Å²) in [5, 5.41) is 0. The smallest absolute Gasteiger partial charge is 0.343 e. The summed E-state index contributed by atoms with van der Waals surface area (Å²) in [6.45, 7) is 1.72. The number of methoxy groups -OCH3 is 3. The Morgan fingerprint density at radius 1 is 0.806 bits per heavy atom. The molecule has 3 aromatic rings. The zero-order chi connectivity index (χ0) is 22.4. The van der Waals surface area contributed by atoms with Gasteiger partial charge in [-0.25, -0.2) is 4.79 Å². The summed E-state index contributed by atoms with van der Waals surface area (Å²) in [6.07, 6.45) is 0.120. The summed E-state index contributed by atoms with van der Waals surface area (Å²) in [7, 11) is 4.57. The Kier molecular flexibility index (Phi) is 6.92. The molecule has 0 aromatic heterocycles. The van der Waals surface area contributed by atoms with Crippen LogP contribution in [0.5, 0.6) is 23.0 Å². The maximum atomic E-state index is 13.2. The number of Topliss-reactive ketones (excluding diaryl/α,β-unsaturated/α-hetero) is 1. The maximum absolute atomic E-state index is 13.2. The van der Waals surface area contributed by atoms with E-state index in [-0.39, 0.29) is 23.5 Å². The van der Waals surface area contributed by atoms with Gasteiger partial charge >= 0.3 is 5.97 Å². The molecule has 0 bridgehead atoms. The van der Waals surface area contributed by atoms with Crippen molar-refractivity contribution in [2.45, 2.75) is 13.3 Å². The zero-order valence-electron chi connectivity index (χ0n) is 17.9. The van der Waals surface area contributed by atoms with E-state index in [9.17, 15) is 9.59 Å². The molecule has 3 aromatic carbocycles. The highest BCUT2D eigenvalue weighted by Crippen LogP contribution is 2.40. The summed E-state index contributed by atoms with van der Waals surface area (Å²) < 4.78 is 21.7. The molecule has 3 rings (SSSR count). The molecule has 0 aliphatic heterocycles. The van der Waals surface area contributed by atoms with Crippen molar-refractivity contribution in [2.75, 3.05) is 21.3 Å². The Labute approximate surface area is 181 Å². The van der Waals surface area contributed by atoms with Gasteiger partial charge in [0.05, 0.1) is 32.5 Å². The van der Waals surface area contributed by atoms with Gasteiger partial charge in [0.15, 0.2) is 17.3 Å². The summed E-state index contributed by atoms with van der Waals surface area (Å²) in [5.41, 5.74) is 1.93. The van der Waals surface area contributed by atoms with E-state index in [0.29, 0.717) is 28.4 Å². The van der Waals surface area contributed by atoms with Crippen LogP contribution in [0.2, 0.25) is 0 Å². The molecular weight excluding hydrogens is 396 g/mol. The van der Waals surface area contributed by atoms with E-state index >= 15 is 0 Å². The van der Waals surface area contributed by atoms with Crippen molar-refractivity contribution in [2.24, 2.45) is 0 Å². The third-order valence-corrected chi connectivity index (χ3v) is 4.88. The molecule has 0 saturated heterocycles. The summed E-state index contributed by atoms with van der Waals surface area (Å²) in [4.78, 5) is 25.9. The van der Waals surface area contributed by atoms with Crippen LogP contribution in [-0.4, -0.2) is 33.1 Å². The number of hydrogen-bond donors (Lipinski definition) is 0. The number of ketones is 1. The molecule has 0 saturated carbocycles. The van der Waals surface area contributed by atoms with Crippen LogP contribution in [0.25, 0.3) is 0 Å². The van der Waals surface area contributed by atoms with Crippen molar-refractivity contribution < 1.29 is 28.5 Å². The van der Waals surface area contributed by atoms with Gasteiger partial charge in [0.25, 0.3) is 0 Å². The van der Waals surface area contributed by atoms with Crippen LogP contribution in [0.3, 0.4) is 0 Å². The Bertz CT molecular complexity index is 1070. The second kappa shape index (κ2) is 9.80. The van der Waals surface area contributed by atoms with Gasteiger partial charge in [-0.05, 0) is 42.8 Å². The number of carbonyl (C=O) groups excluding carboxylic acids is 2. The minimum Gasteiger partial charge on any atom is -0.497 e. The highest BCUT2D eigenvalue weighted by molar-refractivity contribution is 6.03. The van der Waals surface area contributed by atoms with Crippen molar-refractivity contribution in [3.05, 3.63) is 82.9 Å². The van der Waals surface area contributed by atoms with Crippen molar-refractivity contribution >= 4 is 11.8 Å². The number of ether oxygens (including phenoxy) is 4. The predicted octanol–water partition coefficient (Wildman–Crippen LogP) is 4.67. The van der Waals surface area contributed by atoms with Crippen LogP contribution in [0.15, 0.2) is 60.7 Å². The highest BCUT2D eigenvalue weighted by Gasteiger charge is 2.24. The SMILES string of the molecule is COc1ccc(CC(=O)c2cc(OC)c(OC)c(C)c2OC(=O)c2ccccc2)cc1. The van der Waals surface area contributed by atoms with Gasteiger partial charge in [-0.3, -0.25) is 4.79 Å². The predicted molar refractivity (Wildman–Crippen MR) is 117 cm³/mol. The van der Waals surface area contributed by atoms with Gasteiger partial charge in [0.1, 0.15) is 11.5 Å². The molecule has 0 aliphatic carbocycles. The largest absolute Gasteiger partial charge is 0.497 e. The van der Waals surface area contributed by atoms with Crippen molar-refractivity contribution in [1.82, 2.24) is 0 Å². The van der Waals surface area contributed by atoms with Crippen LogP contribution >= 0.6 is 0 Å². The van der Waals surface area contributed by atoms with E-state index in [1.54, 1.807) is 56.5 Å². The van der Waals surface area contributed by atoms with E-state index < -0.39 is 5.97 Å².